The molecular formula is C21H26N2O4. The maximum Gasteiger partial charge on any atom is 0.265 e. The highest BCUT2D eigenvalue weighted by molar-refractivity contribution is 5.92. The second-order valence-electron chi connectivity index (χ2n) is 6.45. The van der Waals surface area contributed by atoms with Crippen molar-refractivity contribution in [2.45, 2.75) is 33.8 Å². The van der Waals surface area contributed by atoms with E-state index in [4.69, 9.17) is 14.3 Å². The summed E-state index contributed by atoms with van der Waals surface area (Å²) in [7, 11) is 1.58. The average molecular weight is 370 g/mol. The first-order valence-corrected chi connectivity index (χ1v) is 8.76. The Morgan fingerprint density at radius 2 is 1.93 bits per heavy atom. The first kappa shape index (κ1) is 20.3. The molecule has 0 aromatic heterocycles. The number of carbonyl (C=O) groups is 1. The van der Waals surface area contributed by atoms with Crippen LogP contribution >= 0.6 is 0 Å². The van der Waals surface area contributed by atoms with Crippen molar-refractivity contribution >= 4 is 17.8 Å². The number of benzene rings is 2. The van der Waals surface area contributed by atoms with Crippen molar-refractivity contribution in [3.8, 4) is 11.5 Å². The fourth-order valence-electron chi connectivity index (χ4n) is 2.45. The molecule has 0 aliphatic heterocycles. The van der Waals surface area contributed by atoms with Crippen LogP contribution < -0.4 is 14.8 Å². The SMILES string of the molecule is COc1cc(/C=N\OCC(=O)Nc2ccc(C)cc2C)ccc1OC(C)C. The summed E-state index contributed by atoms with van der Waals surface area (Å²) in [5.41, 5.74) is 3.69. The predicted molar refractivity (Wildman–Crippen MR) is 107 cm³/mol. The maximum atomic E-state index is 12.0. The van der Waals surface area contributed by atoms with E-state index >= 15 is 0 Å². The van der Waals surface area contributed by atoms with Gasteiger partial charge in [-0.1, -0.05) is 22.9 Å². The Kier molecular flexibility index (Phi) is 7.23. The minimum atomic E-state index is -0.266. The van der Waals surface area contributed by atoms with Crippen LogP contribution in [0.15, 0.2) is 41.6 Å². The molecule has 0 fully saturated rings. The molecule has 27 heavy (non-hydrogen) atoms. The number of ether oxygens (including phenoxy) is 2. The molecule has 144 valence electrons. The Morgan fingerprint density at radius 3 is 2.59 bits per heavy atom. The van der Waals surface area contributed by atoms with Gasteiger partial charge in [0, 0.05) is 11.3 Å². The predicted octanol–water partition coefficient (Wildman–Crippen LogP) is 4.09. The molecule has 0 atom stereocenters. The lowest BCUT2D eigenvalue weighted by Gasteiger charge is -2.13. The van der Waals surface area contributed by atoms with Gasteiger partial charge in [-0.3, -0.25) is 4.79 Å². The molecule has 0 saturated carbocycles. The van der Waals surface area contributed by atoms with Gasteiger partial charge in [-0.25, -0.2) is 0 Å². The second kappa shape index (κ2) is 9.62. The molecule has 2 aromatic rings. The van der Waals surface area contributed by atoms with E-state index < -0.39 is 0 Å². The van der Waals surface area contributed by atoms with Gasteiger partial charge in [0.05, 0.1) is 19.4 Å². The molecule has 1 amide bonds. The molecule has 0 aliphatic rings. The third-order valence-electron chi connectivity index (χ3n) is 3.68. The average Bonchev–Trinajstić information content (AvgIpc) is 2.61. The molecule has 2 rings (SSSR count). The normalized spacial score (nSPS) is 10.9. The van der Waals surface area contributed by atoms with E-state index in [1.165, 1.54) is 6.21 Å². The molecule has 1 N–H and O–H groups in total. The molecule has 0 bridgehead atoms. The van der Waals surface area contributed by atoms with E-state index in [1.54, 1.807) is 13.2 Å². The van der Waals surface area contributed by atoms with Gasteiger partial charge in [0.2, 0.25) is 0 Å². The Morgan fingerprint density at radius 1 is 1.15 bits per heavy atom. The molecule has 2 aromatic carbocycles. The maximum absolute atomic E-state index is 12.0. The third-order valence-corrected chi connectivity index (χ3v) is 3.68. The standard InChI is InChI=1S/C21H26N2O4/c1-14(2)27-19-9-7-17(11-20(19)25-5)12-22-26-13-21(24)23-18-8-6-15(3)10-16(18)4/h6-12,14H,13H2,1-5H3,(H,23,24)/b22-12-. The number of rotatable bonds is 8. The molecule has 0 radical (unpaired) electrons. The van der Waals surface area contributed by atoms with Gasteiger partial charge < -0.3 is 19.6 Å². The molecule has 0 unspecified atom stereocenters. The minimum absolute atomic E-state index is 0.0532. The zero-order valence-corrected chi connectivity index (χ0v) is 16.4. The van der Waals surface area contributed by atoms with Crippen molar-refractivity contribution in [1.29, 1.82) is 0 Å². The van der Waals surface area contributed by atoms with Gasteiger partial charge in [0.15, 0.2) is 18.1 Å². The summed E-state index contributed by atoms with van der Waals surface area (Å²) in [5.74, 6) is 1.01. The molecule has 0 spiro atoms. The van der Waals surface area contributed by atoms with Gasteiger partial charge in [-0.2, -0.15) is 0 Å². The second-order valence-corrected chi connectivity index (χ2v) is 6.45. The Labute approximate surface area is 160 Å². The number of nitrogens with one attached hydrogen (secondary N) is 1. The lowest BCUT2D eigenvalue weighted by molar-refractivity contribution is -0.120. The fraction of sp³-hybridized carbons (Fsp3) is 0.333. The number of aryl methyl sites for hydroxylation is 2. The third kappa shape index (κ3) is 6.33. The van der Waals surface area contributed by atoms with Crippen LogP contribution in [0, 0.1) is 13.8 Å². The van der Waals surface area contributed by atoms with E-state index in [2.05, 4.69) is 10.5 Å². The topological polar surface area (TPSA) is 69.2 Å². The number of hydrogen-bond donors (Lipinski definition) is 1. The molecular weight excluding hydrogens is 344 g/mol. The first-order chi connectivity index (χ1) is 12.9. The Bertz CT molecular complexity index is 816. The summed E-state index contributed by atoms with van der Waals surface area (Å²) >= 11 is 0. The molecule has 0 saturated heterocycles. The molecule has 6 heteroatoms. The van der Waals surface area contributed by atoms with Crippen LogP contribution in [0.1, 0.15) is 30.5 Å². The first-order valence-electron chi connectivity index (χ1n) is 8.76. The fourth-order valence-corrected chi connectivity index (χ4v) is 2.45. The summed E-state index contributed by atoms with van der Waals surface area (Å²) in [6.45, 7) is 7.68. The Hall–Kier alpha value is -3.02. The lowest BCUT2D eigenvalue weighted by atomic mass is 10.1. The van der Waals surface area contributed by atoms with Crippen LogP contribution in [-0.2, 0) is 9.63 Å². The number of anilines is 1. The highest BCUT2D eigenvalue weighted by Gasteiger charge is 2.07. The van der Waals surface area contributed by atoms with E-state index in [9.17, 15) is 4.79 Å². The van der Waals surface area contributed by atoms with Gasteiger partial charge in [-0.05, 0) is 57.5 Å². The molecule has 0 aliphatic carbocycles. The van der Waals surface area contributed by atoms with E-state index in [0.29, 0.717) is 11.5 Å². The number of hydrogen-bond acceptors (Lipinski definition) is 5. The summed E-state index contributed by atoms with van der Waals surface area (Å²) < 4.78 is 11.0. The van der Waals surface area contributed by atoms with Gasteiger partial charge in [0.1, 0.15) is 0 Å². The number of carbonyl (C=O) groups excluding carboxylic acids is 1. The van der Waals surface area contributed by atoms with E-state index in [-0.39, 0.29) is 18.6 Å². The summed E-state index contributed by atoms with van der Waals surface area (Å²) in [6, 6.07) is 11.3. The largest absolute Gasteiger partial charge is 0.493 e. The van der Waals surface area contributed by atoms with Crippen LogP contribution in [0.2, 0.25) is 0 Å². The minimum Gasteiger partial charge on any atom is -0.493 e. The highest BCUT2D eigenvalue weighted by Crippen LogP contribution is 2.28. The van der Waals surface area contributed by atoms with Crippen molar-refractivity contribution in [2.75, 3.05) is 19.0 Å². The van der Waals surface area contributed by atoms with Gasteiger partial charge in [0.25, 0.3) is 5.91 Å². The van der Waals surface area contributed by atoms with Crippen molar-refractivity contribution in [3.05, 3.63) is 53.1 Å². The smallest absolute Gasteiger partial charge is 0.265 e. The number of methoxy groups -OCH3 is 1. The summed E-state index contributed by atoms with van der Waals surface area (Å²) in [6.07, 6.45) is 1.57. The zero-order chi connectivity index (χ0) is 19.8. The number of amides is 1. The van der Waals surface area contributed by atoms with Crippen molar-refractivity contribution in [2.24, 2.45) is 5.16 Å². The van der Waals surface area contributed by atoms with Crippen molar-refractivity contribution in [1.82, 2.24) is 0 Å². The van der Waals surface area contributed by atoms with Gasteiger partial charge in [-0.15, -0.1) is 0 Å². The number of oxime groups is 1. The molecule has 0 heterocycles. The van der Waals surface area contributed by atoms with E-state index in [1.807, 2.05) is 58.0 Å². The van der Waals surface area contributed by atoms with Gasteiger partial charge >= 0.3 is 0 Å². The van der Waals surface area contributed by atoms with Crippen LogP contribution in [0.4, 0.5) is 5.69 Å². The quantitative estimate of drug-likeness (QED) is 0.561. The summed E-state index contributed by atoms with van der Waals surface area (Å²) in [4.78, 5) is 17.1. The van der Waals surface area contributed by atoms with Crippen LogP contribution in [0.5, 0.6) is 11.5 Å². The van der Waals surface area contributed by atoms with Crippen LogP contribution in [0.25, 0.3) is 0 Å². The monoisotopic (exact) mass is 370 g/mol. The highest BCUT2D eigenvalue weighted by atomic mass is 16.6. The zero-order valence-electron chi connectivity index (χ0n) is 16.4. The van der Waals surface area contributed by atoms with Crippen molar-refractivity contribution < 1.29 is 19.1 Å². The Balaban J connectivity index is 1.88. The summed E-state index contributed by atoms with van der Waals surface area (Å²) in [5, 5.41) is 6.65. The van der Waals surface area contributed by atoms with Crippen LogP contribution in [0.3, 0.4) is 0 Å². The molecule has 6 nitrogen and oxygen atoms in total. The van der Waals surface area contributed by atoms with Crippen LogP contribution in [-0.4, -0.2) is 31.9 Å². The van der Waals surface area contributed by atoms with E-state index in [0.717, 1.165) is 22.4 Å². The van der Waals surface area contributed by atoms with Crippen molar-refractivity contribution in [3.63, 3.8) is 0 Å². The lowest BCUT2D eigenvalue weighted by Crippen LogP contribution is -2.17. The number of nitrogens with zero attached hydrogens (tertiary/aromatic N) is 1.